The predicted octanol–water partition coefficient (Wildman–Crippen LogP) is 1.77. The van der Waals surface area contributed by atoms with Gasteiger partial charge in [-0.3, -0.25) is 4.79 Å². The van der Waals surface area contributed by atoms with Crippen molar-refractivity contribution in [3.8, 4) is 5.69 Å². The standard InChI is InChI=1S/C13H11N5O/c1-9(19)15-10-4-6-11(7-5-10)18-13-12(16-17-18)3-2-8-14-13/h2-8H,1H3,(H,15,19). The van der Waals surface area contributed by atoms with Gasteiger partial charge in [-0.1, -0.05) is 5.21 Å². The molecular weight excluding hydrogens is 242 g/mol. The molecule has 2 aromatic heterocycles. The summed E-state index contributed by atoms with van der Waals surface area (Å²) in [6, 6.07) is 11.0. The van der Waals surface area contributed by atoms with Gasteiger partial charge < -0.3 is 5.32 Å². The molecule has 0 aliphatic carbocycles. The van der Waals surface area contributed by atoms with E-state index >= 15 is 0 Å². The summed E-state index contributed by atoms with van der Waals surface area (Å²) < 4.78 is 1.66. The van der Waals surface area contributed by atoms with Crippen molar-refractivity contribution in [1.29, 1.82) is 0 Å². The van der Waals surface area contributed by atoms with Gasteiger partial charge in [0.25, 0.3) is 0 Å². The van der Waals surface area contributed by atoms with Gasteiger partial charge in [0.15, 0.2) is 5.65 Å². The van der Waals surface area contributed by atoms with Gasteiger partial charge in [-0.15, -0.1) is 5.10 Å². The van der Waals surface area contributed by atoms with E-state index in [4.69, 9.17) is 0 Å². The molecule has 94 valence electrons. The van der Waals surface area contributed by atoms with Crippen LogP contribution in [0, 0.1) is 0 Å². The Morgan fingerprint density at radius 1 is 1.21 bits per heavy atom. The fraction of sp³-hybridized carbons (Fsp3) is 0.0769. The number of amides is 1. The molecule has 0 saturated heterocycles. The summed E-state index contributed by atoms with van der Waals surface area (Å²) in [5.41, 5.74) is 3.03. The number of fused-ring (bicyclic) bond motifs is 1. The van der Waals surface area contributed by atoms with Gasteiger partial charge in [-0.2, -0.15) is 4.68 Å². The summed E-state index contributed by atoms with van der Waals surface area (Å²) in [5, 5.41) is 10.8. The summed E-state index contributed by atoms with van der Waals surface area (Å²) in [4.78, 5) is 15.2. The second-order valence-corrected chi connectivity index (χ2v) is 4.08. The number of nitrogens with zero attached hydrogens (tertiary/aromatic N) is 4. The average Bonchev–Trinajstić information content (AvgIpc) is 2.83. The van der Waals surface area contributed by atoms with Crippen LogP contribution in [0.4, 0.5) is 5.69 Å². The maximum absolute atomic E-state index is 11.0. The van der Waals surface area contributed by atoms with E-state index < -0.39 is 0 Å². The lowest BCUT2D eigenvalue weighted by Gasteiger charge is -2.04. The van der Waals surface area contributed by atoms with Gasteiger partial charge in [0.1, 0.15) is 5.52 Å². The molecule has 6 nitrogen and oxygen atoms in total. The average molecular weight is 253 g/mol. The van der Waals surface area contributed by atoms with Crippen molar-refractivity contribution >= 4 is 22.8 Å². The third-order valence-electron chi connectivity index (χ3n) is 2.64. The molecule has 0 atom stereocenters. The first-order valence-electron chi connectivity index (χ1n) is 5.78. The van der Waals surface area contributed by atoms with Crippen molar-refractivity contribution in [1.82, 2.24) is 20.0 Å². The third kappa shape index (κ3) is 2.15. The number of hydrogen-bond donors (Lipinski definition) is 1. The first kappa shape index (κ1) is 11.3. The Morgan fingerprint density at radius 3 is 2.74 bits per heavy atom. The Kier molecular flexibility index (Phi) is 2.68. The number of pyridine rings is 1. The van der Waals surface area contributed by atoms with Crippen LogP contribution in [0.1, 0.15) is 6.92 Å². The number of rotatable bonds is 2. The minimum Gasteiger partial charge on any atom is -0.326 e. The van der Waals surface area contributed by atoms with Crippen molar-refractivity contribution in [2.75, 3.05) is 5.32 Å². The van der Waals surface area contributed by atoms with Crippen LogP contribution in [0.3, 0.4) is 0 Å². The molecule has 3 aromatic rings. The topological polar surface area (TPSA) is 72.7 Å². The molecule has 19 heavy (non-hydrogen) atoms. The Bertz CT molecular complexity index is 732. The Labute approximate surface area is 109 Å². The number of nitrogens with one attached hydrogen (secondary N) is 1. The first-order valence-corrected chi connectivity index (χ1v) is 5.78. The van der Waals surface area contributed by atoms with Gasteiger partial charge in [0.2, 0.25) is 5.91 Å². The lowest BCUT2D eigenvalue weighted by molar-refractivity contribution is -0.114. The number of benzene rings is 1. The molecule has 1 N–H and O–H groups in total. The van der Waals surface area contributed by atoms with Crippen LogP contribution in [0.5, 0.6) is 0 Å². The molecule has 3 rings (SSSR count). The smallest absolute Gasteiger partial charge is 0.221 e. The summed E-state index contributed by atoms with van der Waals surface area (Å²) in [5.74, 6) is -0.0966. The van der Waals surface area contributed by atoms with E-state index in [1.807, 2.05) is 36.4 Å². The molecule has 0 unspecified atom stereocenters. The number of carbonyl (C=O) groups is 1. The molecule has 0 fully saturated rings. The van der Waals surface area contributed by atoms with E-state index in [-0.39, 0.29) is 5.91 Å². The third-order valence-corrected chi connectivity index (χ3v) is 2.64. The van der Waals surface area contributed by atoms with Gasteiger partial charge in [0.05, 0.1) is 5.69 Å². The molecule has 0 aliphatic heterocycles. The molecule has 0 aliphatic rings. The summed E-state index contributed by atoms with van der Waals surface area (Å²) in [6.45, 7) is 1.47. The highest BCUT2D eigenvalue weighted by atomic mass is 16.1. The van der Waals surface area contributed by atoms with Crippen LogP contribution in [0.15, 0.2) is 42.6 Å². The molecule has 0 spiro atoms. The summed E-state index contributed by atoms with van der Waals surface area (Å²) in [7, 11) is 0. The van der Waals surface area contributed by atoms with Crippen molar-refractivity contribution in [3.05, 3.63) is 42.6 Å². The minimum absolute atomic E-state index is 0.0966. The van der Waals surface area contributed by atoms with Gasteiger partial charge in [-0.25, -0.2) is 4.98 Å². The molecule has 1 aromatic carbocycles. The normalized spacial score (nSPS) is 10.6. The highest BCUT2D eigenvalue weighted by molar-refractivity contribution is 5.88. The monoisotopic (exact) mass is 253 g/mol. The van der Waals surface area contributed by atoms with Gasteiger partial charge in [0, 0.05) is 18.8 Å². The Hall–Kier alpha value is -2.76. The molecular formula is C13H11N5O. The van der Waals surface area contributed by atoms with Crippen molar-refractivity contribution in [2.45, 2.75) is 6.92 Å². The van der Waals surface area contributed by atoms with E-state index in [0.717, 1.165) is 16.9 Å². The molecule has 1 amide bonds. The van der Waals surface area contributed by atoms with Crippen LogP contribution in [0.2, 0.25) is 0 Å². The molecule has 0 bridgehead atoms. The summed E-state index contributed by atoms with van der Waals surface area (Å²) in [6.07, 6.45) is 1.70. The highest BCUT2D eigenvalue weighted by Gasteiger charge is 2.06. The first-order chi connectivity index (χ1) is 9.24. The maximum Gasteiger partial charge on any atom is 0.221 e. The van der Waals surface area contributed by atoms with E-state index in [0.29, 0.717) is 5.65 Å². The Balaban J connectivity index is 2.00. The SMILES string of the molecule is CC(=O)Nc1ccc(-n2nnc3cccnc32)cc1. The van der Waals surface area contributed by atoms with Gasteiger partial charge in [-0.05, 0) is 36.4 Å². The summed E-state index contributed by atoms with van der Waals surface area (Å²) >= 11 is 0. The predicted molar refractivity (Wildman–Crippen MR) is 71.0 cm³/mol. The van der Waals surface area contributed by atoms with Crippen molar-refractivity contribution < 1.29 is 4.79 Å². The maximum atomic E-state index is 11.0. The highest BCUT2D eigenvalue weighted by Crippen LogP contribution is 2.16. The van der Waals surface area contributed by atoms with E-state index in [1.54, 1.807) is 10.9 Å². The fourth-order valence-electron chi connectivity index (χ4n) is 1.83. The van der Waals surface area contributed by atoms with Crippen LogP contribution in [-0.4, -0.2) is 25.9 Å². The van der Waals surface area contributed by atoms with Gasteiger partial charge >= 0.3 is 0 Å². The van der Waals surface area contributed by atoms with Crippen molar-refractivity contribution in [2.24, 2.45) is 0 Å². The molecule has 0 saturated carbocycles. The quantitative estimate of drug-likeness (QED) is 0.755. The number of carbonyl (C=O) groups excluding carboxylic acids is 1. The fourth-order valence-corrected chi connectivity index (χ4v) is 1.83. The van der Waals surface area contributed by atoms with Crippen molar-refractivity contribution in [3.63, 3.8) is 0 Å². The van der Waals surface area contributed by atoms with Crippen LogP contribution >= 0.6 is 0 Å². The molecule has 6 heteroatoms. The Morgan fingerprint density at radius 2 is 2.00 bits per heavy atom. The number of aromatic nitrogens is 4. The molecule has 2 heterocycles. The van der Waals surface area contributed by atoms with Crippen LogP contribution in [-0.2, 0) is 4.79 Å². The number of anilines is 1. The second-order valence-electron chi connectivity index (χ2n) is 4.08. The lowest BCUT2D eigenvalue weighted by Crippen LogP contribution is -2.06. The van der Waals surface area contributed by atoms with Crippen LogP contribution < -0.4 is 5.32 Å². The second kappa shape index (κ2) is 4.49. The van der Waals surface area contributed by atoms with E-state index in [2.05, 4.69) is 20.6 Å². The zero-order chi connectivity index (χ0) is 13.2. The van der Waals surface area contributed by atoms with Crippen LogP contribution in [0.25, 0.3) is 16.9 Å². The molecule has 0 radical (unpaired) electrons. The largest absolute Gasteiger partial charge is 0.326 e. The minimum atomic E-state index is -0.0966. The lowest BCUT2D eigenvalue weighted by atomic mass is 10.3. The number of hydrogen-bond acceptors (Lipinski definition) is 4. The van der Waals surface area contributed by atoms with E-state index in [9.17, 15) is 4.79 Å². The zero-order valence-corrected chi connectivity index (χ0v) is 10.2. The van der Waals surface area contributed by atoms with E-state index in [1.165, 1.54) is 6.92 Å². The zero-order valence-electron chi connectivity index (χ0n) is 10.2.